The predicted molar refractivity (Wildman–Crippen MR) is 56.6 cm³/mol. The molecule has 0 bridgehead atoms. The molecule has 1 aliphatic heterocycles. The van der Waals surface area contributed by atoms with Gasteiger partial charge in [0.15, 0.2) is 0 Å². The van der Waals surface area contributed by atoms with Gasteiger partial charge in [0.05, 0.1) is 12.0 Å². The SMILES string of the molecule is CC1CCC(C2(C(=O)O)CCOC2)CC1. The minimum absolute atomic E-state index is 0.341. The zero-order chi connectivity index (χ0) is 10.9. The summed E-state index contributed by atoms with van der Waals surface area (Å²) in [5.74, 6) is 0.475. The summed E-state index contributed by atoms with van der Waals surface area (Å²) in [6.45, 7) is 3.31. The first-order valence-electron chi connectivity index (χ1n) is 5.96. The van der Waals surface area contributed by atoms with Gasteiger partial charge in [-0.05, 0) is 31.1 Å². The molecule has 1 saturated heterocycles. The highest BCUT2D eigenvalue weighted by Crippen LogP contribution is 2.45. The maximum absolute atomic E-state index is 11.4. The first kappa shape index (κ1) is 10.9. The van der Waals surface area contributed by atoms with Crippen molar-refractivity contribution in [3.05, 3.63) is 0 Å². The van der Waals surface area contributed by atoms with Gasteiger partial charge in [-0.1, -0.05) is 19.8 Å². The second-order valence-corrected chi connectivity index (χ2v) is 5.22. The van der Waals surface area contributed by atoms with Gasteiger partial charge in [0.25, 0.3) is 0 Å². The van der Waals surface area contributed by atoms with Crippen LogP contribution in [0, 0.1) is 17.3 Å². The number of carboxylic acids is 1. The van der Waals surface area contributed by atoms with Crippen molar-refractivity contribution in [3.8, 4) is 0 Å². The summed E-state index contributed by atoms with van der Waals surface area (Å²) < 4.78 is 5.32. The molecule has 0 spiro atoms. The van der Waals surface area contributed by atoms with E-state index < -0.39 is 11.4 Å². The molecule has 0 amide bonds. The van der Waals surface area contributed by atoms with Crippen LogP contribution < -0.4 is 0 Å². The van der Waals surface area contributed by atoms with Crippen LogP contribution in [-0.2, 0) is 9.53 Å². The van der Waals surface area contributed by atoms with E-state index in [1.807, 2.05) is 0 Å². The highest BCUT2D eigenvalue weighted by Gasteiger charge is 2.49. The zero-order valence-corrected chi connectivity index (χ0v) is 9.37. The predicted octanol–water partition coefficient (Wildman–Crippen LogP) is 2.30. The van der Waals surface area contributed by atoms with E-state index in [1.54, 1.807) is 0 Å². The number of carbonyl (C=O) groups is 1. The molecular weight excluding hydrogens is 192 g/mol. The van der Waals surface area contributed by atoms with Gasteiger partial charge in [-0.2, -0.15) is 0 Å². The summed E-state index contributed by atoms with van der Waals surface area (Å²) in [7, 11) is 0. The van der Waals surface area contributed by atoms with E-state index in [-0.39, 0.29) is 0 Å². The lowest BCUT2D eigenvalue weighted by atomic mass is 9.66. The molecule has 0 aromatic carbocycles. The summed E-state index contributed by atoms with van der Waals surface area (Å²) >= 11 is 0. The molecule has 1 unspecified atom stereocenters. The van der Waals surface area contributed by atoms with Gasteiger partial charge in [0, 0.05) is 6.61 Å². The van der Waals surface area contributed by atoms with E-state index in [2.05, 4.69) is 6.92 Å². The van der Waals surface area contributed by atoms with Crippen LogP contribution in [0.25, 0.3) is 0 Å². The molecule has 1 saturated carbocycles. The van der Waals surface area contributed by atoms with E-state index in [1.165, 1.54) is 12.8 Å². The molecule has 15 heavy (non-hydrogen) atoms. The quantitative estimate of drug-likeness (QED) is 0.764. The molecule has 2 aliphatic rings. The lowest BCUT2D eigenvalue weighted by Gasteiger charge is -2.36. The van der Waals surface area contributed by atoms with Crippen molar-refractivity contribution in [1.29, 1.82) is 0 Å². The fourth-order valence-electron chi connectivity index (χ4n) is 3.06. The van der Waals surface area contributed by atoms with Gasteiger partial charge >= 0.3 is 5.97 Å². The van der Waals surface area contributed by atoms with Crippen LogP contribution in [0.4, 0.5) is 0 Å². The third kappa shape index (κ3) is 1.89. The van der Waals surface area contributed by atoms with Gasteiger partial charge < -0.3 is 9.84 Å². The summed E-state index contributed by atoms with van der Waals surface area (Å²) in [5, 5.41) is 9.40. The summed E-state index contributed by atoms with van der Waals surface area (Å²) in [6, 6.07) is 0. The number of aliphatic carboxylic acids is 1. The van der Waals surface area contributed by atoms with Crippen LogP contribution in [0.2, 0.25) is 0 Å². The fourth-order valence-corrected chi connectivity index (χ4v) is 3.06. The van der Waals surface area contributed by atoms with Crippen molar-refractivity contribution in [2.75, 3.05) is 13.2 Å². The molecule has 1 atom stereocenters. The molecule has 1 N–H and O–H groups in total. The van der Waals surface area contributed by atoms with Crippen molar-refractivity contribution in [1.82, 2.24) is 0 Å². The second-order valence-electron chi connectivity index (χ2n) is 5.22. The monoisotopic (exact) mass is 212 g/mol. The normalized spacial score (nSPS) is 41.7. The van der Waals surface area contributed by atoms with E-state index in [4.69, 9.17) is 4.74 Å². The van der Waals surface area contributed by atoms with Gasteiger partial charge in [0.1, 0.15) is 0 Å². The van der Waals surface area contributed by atoms with E-state index in [0.717, 1.165) is 18.8 Å². The molecular formula is C12H20O3. The third-order valence-electron chi connectivity index (χ3n) is 4.28. The van der Waals surface area contributed by atoms with E-state index >= 15 is 0 Å². The molecule has 3 nitrogen and oxygen atoms in total. The largest absolute Gasteiger partial charge is 0.481 e. The average Bonchev–Trinajstić information content (AvgIpc) is 2.69. The molecule has 2 rings (SSSR count). The lowest BCUT2D eigenvalue weighted by molar-refractivity contribution is -0.153. The Bertz CT molecular complexity index is 235. The van der Waals surface area contributed by atoms with E-state index in [0.29, 0.717) is 25.6 Å². The molecule has 86 valence electrons. The van der Waals surface area contributed by atoms with Crippen LogP contribution in [-0.4, -0.2) is 24.3 Å². The van der Waals surface area contributed by atoms with Crippen molar-refractivity contribution in [2.45, 2.75) is 39.0 Å². The van der Waals surface area contributed by atoms with Crippen LogP contribution in [0.5, 0.6) is 0 Å². The smallest absolute Gasteiger partial charge is 0.312 e. The van der Waals surface area contributed by atoms with Crippen LogP contribution in [0.1, 0.15) is 39.0 Å². The standard InChI is InChI=1S/C12H20O3/c1-9-2-4-10(5-3-9)12(11(13)14)6-7-15-8-12/h9-10H,2-8H2,1H3,(H,13,14). The van der Waals surface area contributed by atoms with Crippen molar-refractivity contribution in [3.63, 3.8) is 0 Å². The number of rotatable bonds is 2. The molecule has 0 aromatic rings. The van der Waals surface area contributed by atoms with Gasteiger partial charge in [0.2, 0.25) is 0 Å². The molecule has 3 heteroatoms. The lowest BCUT2D eigenvalue weighted by Crippen LogP contribution is -2.41. The Hall–Kier alpha value is -0.570. The topological polar surface area (TPSA) is 46.5 Å². The Kier molecular flexibility index (Phi) is 3.01. The number of ether oxygens (including phenoxy) is 1. The molecule has 1 aliphatic carbocycles. The zero-order valence-electron chi connectivity index (χ0n) is 9.37. The second kappa shape index (κ2) is 4.12. The fraction of sp³-hybridized carbons (Fsp3) is 0.917. The maximum atomic E-state index is 11.4. The van der Waals surface area contributed by atoms with Crippen LogP contribution in [0.15, 0.2) is 0 Å². The number of carboxylic acid groups (broad SMARTS) is 1. The molecule has 0 aromatic heterocycles. The highest BCUT2D eigenvalue weighted by atomic mass is 16.5. The first-order valence-corrected chi connectivity index (χ1v) is 5.96. The summed E-state index contributed by atoms with van der Waals surface area (Å²) in [4.78, 5) is 11.4. The number of hydrogen-bond acceptors (Lipinski definition) is 2. The molecule has 1 heterocycles. The van der Waals surface area contributed by atoms with Crippen molar-refractivity contribution >= 4 is 5.97 Å². The summed E-state index contributed by atoms with van der Waals surface area (Å²) in [6.07, 6.45) is 5.20. The van der Waals surface area contributed by atoms with E-state index in [9.17, 15) is 9.90 Å². The van der Waals surface area contributed by atoms with Gasteiger partial charge in [-0.15, -0.1) is 0 Å². The Morgan fingerprint density at radius 2 is 2.00 bits per heavy atom. The highest BCUT2D eigenvalue weighted by molar-refractivity contribution is 5.75. The van der Waals surface area contributed by atoms with Crippen LogP contribution in [0.3, 0.4) is 0 Å². The number of hydrogen-bond donors (Lipinski definition) is 1. The first-order chi connectivity index (χ1) is 7.15. The average molecular weight is 212 g/mol. The summed E-state index contributed by atoms with van der Waals surface area (Å²) in [5.41, 5.74) is -0.555. The van der Waals surface area contributed by atoms with Crippen molar-refractivity contribution in [2.24, 2.45) is 17.3 Å². The van der Waals surface area contributed by atoms with Crippen LogP contribution >= 0.6 is 0 Å². The third-order valence-corrected chi connectivity index (χ3v) is 4.28. The van der Waals surface area contributed by atoms with Gasteiger partial charge in [-0.25, -0.2) is 0 Å². The Morgan fingerprint density at radius 3 is 2.47 bits per heavy atom. The molecule has 2 fully saturated rings. The van der Waals surface area contributed by atoms with Crippen molar-refractivity contribution < 1.29 is 14.6 Å². The maximum Gasteiger partial charge on any atom is 0.312 e. The minimum Gasteiger partial charge on any atom is -0.481 e. The minimum atomic E-state index is -0.639. The Balaban J connectivity index is 2.08. The van der Waals surface area contributed by atoms with Gasteiger partial charge in [-0.3, -0.25) is 4.79 Å². The Morgan fingerprint density at radius 1 is 1.33 bits per heavy atom. The molecule has 0 radical (unpaired) electrons. The Labute approximate surface area is 90.8 Å².